The van der Waals surface area contributed by atoms with Gasteiger partial charge in [0.05, 0.1) is 10.6 Å². The van der Waals surface area contributed by atoms with Gasteiger partial charge < -0.3 is 11.5 Å². The molecule has 0 fully saturated rings. The lowest BCUT2D eigenvalue weighted by molar-refractivity contribution is 0.602. The molecule has 0 aliphatic heterocycles. The third kappa shape index (κ3) is 3.21. The Labute approximate surface area is 90.2 Å². The van der Waals surface area contributed by atoms with Gasteiger partial charge in [-0.15, -0.1) is 0 Å². The minimum atomic E-state index is -3.26. The molecule has 5 heteroatoms. The summed E-state index contributed by atoms with van der Waals surface area (Å²) >= 11 is 0. The Kier molecular flexibility index (Phi) is 3.36. The quantitative estimate of drug-likeness (QED) is 0.740. The van der Waals surface area contributed by atoms with Crippen molar-refractivity contribution in [3.63, 3.8) is 0 Å². The van der Waals surface area contributed by atoms with E-state index in [-0.39, 0.29) is 16.6 Å². The van der Waals surface area contributed by atoms with Crippen molar-refractivity contribution < 1.29 is 8.42 Å². The van der Waals surface area contributed by atoms with E-state index in [0.717, 1.165) is 11.8 Å². The Bertz CT molecular complexity index is 452. The molecule has 1 rings (SSSR count). The van der Waals surface area contributed by atoms with Crippen LogP contribution in [0.1, 0.15) is 12.5 Å². The molecule has 0 aliphatic carbocycles. The van der Waals surface area contributed by atoms with E-state index in [1.807, 2.05) is 6.92 Å². The van der Waals surface area contributed by atoms with Crippen LogP contribution in [0, 0.1) is 0 Å². The van der Waals surface area contributed by atoms with E-state index in [2.05, 4.69) is 0 Å². The van der Waals surface area contributed by atoms with Crippen molar-refractivity contribution >= 4 is 15.5 Å². The average molecular weight is 228 g/mol. The van der Waals surface area contributed by atoms with Crippen LogP contribution in [-0.4, -0.2) is 20.7 Å². The van der Waals surface area contributed by atoms with E-state index in [9.17, 15) is 8.42 Å². The third-order valence-corrected chi connectivity index (χ3v) is 3.19. The number of nitrogen functional groups attached to an aromatic ring is 1. The molecule has 15 heavy (non-hydrogen) atoms. The van der Waals surface area contributed by atoms with E-state index in [1.165, 1.54) is 0 Å². The van der Waals surface area contributed by atoms with E-state index in [0.29, 0.717) is 6.42 Å². The molecule has 1 aromatic carbocycles. The second-order valence-electron chi connectivity index (χ2n) is 3.83. The molecule has 1 aromatic rings. The zero-order chi connectivity index (χ0) is 11.6. The first-order chi connectivity index (χ1) is 6.80. The Hall–Kier alpha value is -1.07. The van der Waals surface area contributed by atoms with Crippen LogP contribution >= 0.6 is 0 Å². The molecule has 1 unspecified atom stereocenters. The molecular formula is C10H16N2O2S. The summed E-state index contributed by atoms with van der Waals surface area (Å²) in [6.45, 7) is 1.87. The van der Waals surface area contributed by atoms with Gasteiger partial charge >= 0.3 is 0 Å². The van der Waals surface area contributed by atoms with Crippen LogP contribution in [-0.2, 0) is 16.3 Å². The van der Waals surface area contributed by atoms with Crippen LogP contribution in [0.15, 0.2) is 23.1 Å². The lowest BCUT2D eigenvalue weighted by atomic mass is 10.1. The molecule has 0 heterocycles. The van der Waals surface area contributed by atoms with Crippen LogP contribution in [0.2, 0.25) is 0 Å². The fourth-order valence-electron chi connectivity index (χ4n) is 1.40. The maximum Gasteiger partial charge on any atom is 0.177 e. The number of hydrogen-bond donors (Lipinski definition) is 2. The minimum Gasteiger partial charge on any atom is -0.398 e. The summed E-state index contributed by atoms with van der Waals surface area (Å²) in [5.41, 5.74) is 12.4. The monoisotopic (exact) mass is 228 g/mol. The predicted molar refractivity (Wildman–Crippen MR) is 61.3 cm³/mol. The first kappa shape index (κ1) is 12.0. The number of sulfone groups is 1. The Morgan fingerprint density at radius 3 is 2.47 bits per heavy atom. The third-order valence-electron chi connectivity index (χ3n) is 2.04. The number of benzene rings is 1. The summed E-state index contributed by atoms with van der Waals surface area (Å²) in [5.74, 6) is 0. The lowest BCUT2D eigenvalue weighted by Crippen LogP contribution is -2.18. The van der Waals surface area contributed by atoms with Crippen molar-refractivity contribution in [2.75, 3.05) is 12.0 Å². The van der Waals surface area contributed by atoms with E-state index < -0.39 is 9.84 Å². The molecule has 0 saturated carbocycles. The highest BCUT2D eigenvalue weighted by molar-refractivity contribution is 7.90. The van der Waals surface area contributed by atoms with Crippen molar-refractivity contribution in [2.45, 2.75) is 24.3 Å². The molecule has 0 aliphatic rings. The largest absolute Gasteiger partial charge is 0.398 e. The van der Waals surface area contributed by atoms with Gasteiger partial charge in [0.1, 0.15) is 0 Å². The van der Waals surface area contributed by atoms with E-state index in [4.69, 9.17) is 11.5 Å². The van der Waals surface area contributed by atoms with Crippen LogP contribution in [0.4, 0.5) is 5.69 Å². The standard InChI is InChI=1S/C10H16N2O2S/c1-7(11)5-8-3-4-9(12)10(6-8)15(2,13)14/h3-4,6-7H,5,11-12H2,1-2H3. The van der Waals surface area contributed by atoms with Crippen molar-refractivity contribution in [3.05, 3.63) is 23.8 Å². The zero-order valence-corrected chi connectivity index (χ0v) is 9.71. The van der Waals surface area contributed by atoms with Gasteiger partial charge in [0.15, 0.2) is 9.84 Å². The first-order valence-corrected chi connectivity index (χ1v) is 6.54. The van der Waals surface area contributed by atoms with Gasteiger partial charge in [-0.05, 0) is 31.0 Å². The summed E-state index contributed by atoms with van der Waals surface area (Å²) in [6.07, 6.45) is 1.79. The van der Waals surface area contributed by atoms with Crippen molar-refractivity contribution in [1.82, 2.24) is 0 Å². The van der Waals surface area contributed by atoms with E-state index in [1.54, 1.807) is 18.2 Å². The molecule has 4 nitrogen and oxygen atoms in total. The number of nitrogens with two attached hydrogens (primary N) is 2. The summed E-state index contributed by atoms with van der Waals surface area (Å²) in [7, 11) is -3.26. The fourth-order valence-corrected chi connectivity index (χ4v) is 2.26. The highest BCUT2D eigenvalue weighted by atomic mass is 32.2. The Balaban J connectivity index is 3.18. The Morgan fingerprint density at radius 1 is 1.40 bits per heavy atom. The molecule has 1 atom stereocenters. The summed E-state index contributed by atoms with van der Waals surface area (Å²) < 4.78 is 22.8. The van der Waals surface area contributed by atoms with Crippen LogP contribution < -0.4 is 11.5 Å². The highest BCUT2D eigenvalue weighted by Crippen LogP contribution is 2.20. The van der Waals surface area contributed by atoms with Crippen LogP contribution in [0.3, 0.4) is 0 Å². The summed E-state index contributed by atoms with van der Waals surface area (Å²) in [4.78, 5) is 0.181. The van der Waals surface area contributed by atoms with Crippen LogP contribution in [0.25, 0.3) is 0 Å². The normalized spacial score (nSPS) is 13.8. The molecule has 84 valence electrons. The second kappa shape index (κ2) is 4.20. The topological polar surface area (TPSA) is 86.2 Å². The van der Waals surface area contributed by atoms with Crippen molar-refractivity contribution in [2.24, 2.45) is 5.73 Å². The van der Waals surface area contributed by atoms with Gasteiger partial charge in [-0.3, -0.25) is 0 Å². The SMILES string of the molecule is CC(N)Cc1ccc(N)c(S(C)(=O)=O)c1. The number of rotatable bonds is 3. The minimum absolute atomic E-state index is 0.000958. The number of hydrogen-bond acceptors (Lipinski definition) is 4. The van der Waals surface area contributed by atoms with Gasteiger partial charge in [-0.2, -0.15) is 0 Å². The molecule has 0 spiro atoms. The van der Waals surface area contributed by atoms with Gasteiger partial charge in [0.25, 0.3) is 0 Å². The molecule has 0 aromatic heterocycles. The number of anilines is 1. The second-order valence-corrected chi connectivity index (χ2v) is 5.81. The Morgan fingerprint density at radius 2 is 2.00 bits per heavy atom. The fraction of sp³-hybridized carbons (Fsp3) is 0.400. The molecule has 0 bridgehead atoms. The molecule has 0 radical (unpaired) electrons. The van der Waals surface area contributed by atoms with Crippen LogP contribution in [0.5, 0.6) is 0 Å². The maximum absolute atomic E-state index is 11.4. The van der Waals surface area contributed by atoms with Crippen molar-refractivity contribution in [3.8, 4) is 0 Å². The average Bonchev–Trinajstić information content (AvgIpc) is 2.05. The van der Waals surface area contributed by atoms with E-state index >= 15 is 0 Å². The lowest BCUT2D eigenvalue weighted by Gasteiger charge is -2.08. The summed E-state index contributed by atoms with van der Waals surface area (Å²) in [6, 6.07) is 5.00. The maximum atomic E-state index is 11.4. The summed E-state index contributed by atoms with van der Waals surface area (Å²) in [5, 5.41) is 0. The van der Waals surface area contributed by atoms with Gasteiger partial charge in [0, 0.05) is 12.3 Å². The van der Waals surface area contributed by atoms with Gasteiger partial charge in [-0.1, -0.05) is 6.07 Å². The highest BCUT2D eigenvalue weighted by Gasteiger charge is 2.12. The molecule has 0 saturated heterocycles. The van der Waals surface area contributed by atoms with Gasteiger partial charge in [0.2, 0.25) is 0 Å². The zero-order valence-electron chi connectivity index (χ0n) is 8.90. The van der Waals surface area contributed by atoms with Crippen molar-refractivity contribution in [1.29, 1.82) is 0 Å². The molecule has 0 amide bonds. The predicted octanol–water partition coefficient (Wildman–Crippen LogP) is 0.562. The first-order valence-electron chi connectivity index (χ1n) is 4.64. The molecular weight excluding hydrogens is 212 g/mol. The molecule has 4 N–H and O–H groups in total. The smallest absolute Gasteiger partial charge is 0.177 e. The van der Waals surface area contributed by atoms with Gasteiger partial charge in [-0.25, -0.2) is 8.42 Å².